The second kappa shape index (κ2) is 5.42. The molecule has 1 N–H and O–H groups in total. The van der Waals surface area contributed by atoms with E-state index < -0.39 is 5.54 Å². The molecule has 2 aliphatic rings. The Balaban J connectivity index is 2.01. The molecule has 1 aromatic heterocycles. The van der Waals surface area contributed by atoms with Crippen molar-refractivity contribution in [3.05, 3.63) is 24.3 Å². The van der Waals surface area contributed by atoms with Gasteiger partial charge in [0.2, 0.25) is 5.91 Å². The normalized spacial score (nSPS) is 25.5. The first-order valence-corrected chi connectivity index (χ1v) is 7.50. The van der Waals surface area contributed by atoms with Gasteiger partial charge in [0.25, 0.3) is 5.91 Å². The van der Waals surface area contributed by atoms with Crippen molar-refractivity contribution in [2.75, 3.05) is 13.6 Å². The number of nitrogens with zero attached hydrogens (tertiary/aromatic N) is 3. The fraction of sp³-hybridized carbons (Fsp3) is 0.600. The molecule has 1 saturated heterocycles. The molecule has 6 nitrogen and oxygen atoms in total. The smallest absolute Gasteiger partial charge is 0.252 e. The van der Waals surface area contributed by atoms with Crippen molar-refractivity contribution < 1.29 is 9.59 Å². The molecule has 1 aromatic rings. The van der Waals surface area contributed by atoms with Crippen LogP contribution in [0, 0.1) is 5.92 Å². The van der Waals surface area contributed by atoms with E-state index in [0.717, 1.165) is 25.7 Å². The summed E-state index contributed by atoms with van der Waals surface area (Å²) in [7, 11) is 1.60. The minimum absolute atomic E-state index is 0.0730. The summed E-state index contributed by atoms with van der Waals surface area (Å²) in [5.74, 6) is -0.00928. The number of hydrogen-bond acceptors (Lipinski definition) is 4. The Morgan fingerprint density at radius 3 is 2.71 bits per heavy atom. The predicted molar refractivity (Wildman–Crippen MR) is 76.1 cm³/mol. The van der Waals surface area contributed by atoms with E-state index in [1.165, 1.54) is 0 Å². The standard InChI is InChI=1S/C15H20N4O2/c1-16-14(21)15(12-10-17-7-8-18-12)6-3-9-19(15)13(20)11-4-2-5-11/h7-8,10-11H,2-6,9H2,1H3,(H,16,21). The van der Waals surface area contributed by atoms with Crippen LogP contribution in [0.3, 0.4) is 0 Å². The first-order chi connectivity index (χ1) is 10.2. The highest BCUT2D eigenvalue weighted by molar-refractivity contribution is 5.93. The molecule has 1 aliphatic carbocycles. The number of rotatable bonds is 3. The van der Waals surface area contributed by atoms with Crippen molar-refractivity contribution in [2.45, 2.75) is 37.6 Å². The molecule has 21 heavy (non-hydrogen) atoms. The van der Waals surface area contributed by atoms with E-state index in [1.54, 1.807) is 30.5 Å². The summed E-state index contributed by atoms with van der Waals surface area (Å²) in [5, 5.41) is 2.71. The van der Waals surface area contributed by atoms with Crippen LogP contribution in [0.4, 0.5) is 0 Å². The average molecular weight is 288 g/mol. The molecule has 1 saturated carbocycles. The van der Waals surface area contributed by atoms with Crippen molar-refractivity contribution in [1.82, 2.24) is 20.2 Å². The lowest BCUT2D eigenvalue weighted by molar-refractivity contribution is -0.150. The minimum Gasteiger partial charge on any atom is -0.357 e. The number of likely N-dealkylation sites (tertiary alicyclic amines) is 1. The third kappa shape index (κ3) is 2.09. The zero-order valence-corrected chi connectivity index (χ0v) is 12.2. The number of aromatic nitrogens is 2. The number of amides is 2. The largest absolute Gasteiger partial charge is 0.357 e. The maximum absolute atomic E-state index is 12.7. The molecule has 1 atom stereocenters. The van der Waals surface area contributed by atoms with Crippen molar-refractivity contribution in [1.29, 1.82) is 0 Å². The van der Waals surface area contributed by atoms with Gasteiger partial charge in [-0.1, -0.05) is 6.42 Å². The highest BCUT2D eigenvalue weighted by Crippen LogP contribution is 2.41. The van der Waals surface area contributed by atoms with E-state index in [4.69, 9.17) is 0 Å². The number of likely N-dealkylation sites (N-methyl/N-ethyl adjacent to an activating group) is 1. The molecule has 2 heterocycles. The summed E-state index contributed by atoms with van der Waals surface area (Å²) in [4.78, 5) is 35.5. The van der Waals surface area contributed by atoms with E-state index in [9.17, 15) is 9.59 Å². The van der Waals surface area contributed by atoms with E-state index in [-0.39, 0.29) is 17.7 Å². The molecule has 0 bridgehead atoms. The van der Waals surface area contributed by atoms with Crippen LogP contribution in [0.5, 0.6) is 0 Å². The van der Waals surface area contributed by atoms with Crippen molar-refractivity contribution in [3.8, 4) is 0 Å². The van der Waals surface area contributed by atoms with Gasteiger partial charge in [0.15, 0.2) is 5.54 Å². The van der Waals surface area contributed by atoms with Crippen LogP contribution in [0.1, 0.15) is 37.8 Å². The van der Waals surface area contributed by atoms with Gasteiger partial charge in [0.05, 0.1) is 11.9 Å². The highest BCUT2D eigenvalue weighted by Gasteiger charge is 2.53. The summed E-state index contributed by atoms with van der Waals surface area (Å²) in [5.41, 5.74) is -0.426. The number of hydrogen-bond donors (Lipinski definition) is 1. The maximum atomic E-state index is 12.7. The SMILES string of the molecule is CNC(=O)C1(c2cnccn2)CCCN1C(=O)C1CCC1. The lowest BCUT2D eigenvalue weighted by Crippen LogP contribution is -2.56. The molecular formula is C15H20N4O2. The number of carbonyl (C=O) groups excluding carboxylic acids is 2. The Labute approximate surface area is 124 Å². The molecule has 0 spiro atoms. The van der Waals surface area contributed by atoms with Gasteiger partial charge in [-0.25, -0.2) is 0 Å². The predicted octanol–water partition coefficient (Wildman–Crippen LogP) is 0.840. The summed E-state index contributed by atoms with van der Waals surface area (Å²) in [6, 6.07) is 0. The zero-order chi connectivity index (χ0) is 14.9. The van der Waals surface area contributed by atoms with Crippen LogP contribution in [-0.4, -0.2) is 40.3 Å². The quantitative estimate of drug-likeness (QED) is 0.894. The fourth-order valence-electron chi connectivity index (χ4n) is 3.33. The first kappa shape index (κ1) is 14.0. The third-order valence-corrected chi connectivity index (χ3v) is 4.69. The van der Waals surface area contributed by atoms with Crippen LogP contribution in [0.15, 0.2) is 18.6 Å². The average Bonchev–Trinajstić information content (AvgIpc) is 2.91. The molecule has 3 rings (SSSR count). The van der Waals surface area contributed by atoms with Crippen LogP contribution in [0.2, 0.25) is 0 Å². The topological polar surface area (TPSA) is 75.2 Å². The van der Waals surface area contributed by atoms with Gasteiger partial charge in [-0.2, -0.15) is 0 Å². The van der Waals surface area contributed by atoms with Gasteiger partial charge < -0.3 is 10.2 Å². The third-order valence-electron chi connectivity index (χ3n) is 4.69. The molecule has 2 amide bonds. The maximum Gasteiger partial charge on any atom is 0.252 e. The van der Waals surface area contributed by atoms with Crippen molar-refractivity contribution >= 4 is 11.8 Å². The molecule has 0 aromatic carbocycles. The summed E-state index contributed by atoms with van der Waals surface area (Å²) in [6.07, 6.45) is 9.12. The Bertz CT molecular complexity index is 544. The van der Waals surface area contributed by atoms with Gasteiger partial charge in [0.1, 0.15) is 0 Å². The summed E-state index contributed by atoms with van der Waals surface area (Å²) in [6.45, 7) is 0.610. The van der Waals surface area contributed by atoms with E-state index in [0.29, 0.717) is 18.7 Å². The van der Waals surface area contributed by atoms with E-state index >= 15 is 0 Å². The number of carbonyl (C=O) groups is 2. The Hall–Kier alpha value is -1.98. The minimum atomic E-state index is -0.990. The van der Waals surface area contributed by atoms with Crippen molar-refractivity contribution in [3.63, 3.8) is 0 Å². The van der Waals surface area contributed by atoms with Crippen LogP contribution in [0.25, 0.3) is 0 Å². The lowest BCUT2D eigenvalue weighted by Gasteiger charge is -2.39. The Morgan fingerprint density at radius 1 is 1.33 bits per heavy atom. The molecule has 2 fully saturated rings. The molecule has 1 unspecified atom stereocenters. The van der Waals surface area contributed by atoms with Crippen LogP contribution >= 0.6 is 0 Å². The van der Waals surface area contributed by atoms with Gasteiger partial charge in [0, 0.05) is 31.9 Å². The fourth-order valence-corrected chi connectivity index (χ4v) is 3.33. The summed E-state index contributed by atoms with van der Waals surface area (Å²) >= 11 is 0. The first-order valence-electron chi connectivity index (χ1n) is 7.50. The second-order valence-corrected chi connectivity index (χ2v) is 5.75. The van der Waals surface area contributed by atoms with Gasteiger partial charge in [-0.15, -0.1) is 0 Å². The van der Waals surface area contributed by atoms with Crippen LogP contribution < -0.4 is 5.32 Å². The van der Waals surface area contributed by atoms with Gasteiger partial charge in [-0.05, 0) is 25.7 Å². The van der Waals surface area contributed by atoms with Gasteiger partial charge in [-0.3, -0.25) is 19.6 Å². The monoisotopic (exact) mass is 288 g/mol. The zero-order valence-electron chi connectivity index (χ0n) is 12.2. The lowest BCUT2D eigenvalue weighted by atomic mass is 9.82. The Kier molecular flexibility index (Phi) is 3.61. The van der Waals surface area contributed by atoms with E-state index in [2.05, 4.69) is 15.3 Å². The highest BCUT2D eigenvalue weighted by atomic mass is 16.2. The molecule has 0 radical (unpaired) electrons. The molecular weight excluding hydrogens is 268 g/mol. The van der Waals surface area contributed by atoms with E-state index in [1.807, 2.05) is 0 Å². The second-order valence-electron chi connectivity index (χ2n) is 5.75. The molecule has 1 aliphatic heterocycles. The molecule has 112 valence electrons. The van der Waals surface area contributed by atoms with Gasteiger partial charge >= 0.3 is 0 Å². The Morgan fingerprint density at radius 2 is 2.14 bits per heavy atom. The summed E-state index contributed by atoms with van der Waals surface area (Å²) < 4.78 is 0. The van der Waals surface area contributed by atoms with Crippen molar-refractivity contribution in [2.24, 2.45) is 5.92 Å². The molecule has 6 heteroatoms. The van der Waals surface area contributed by atoms with Crippen LogP contribution in [-0.2, 0) is 15.1 Å². The number of nitrogens with one attached hydrogen (secondary N) is 1.